The van der Waals surface area contributed by atoms with Gasteiger partial charge in [0.15, 0.2) is 18.2 Å². The maximum atomic E-state index is 13.5. The molecular formula is C28H36O5. The van der Waals surface area contributed by atoms with Gasteiger partial charge in [-0.05, 0) is 74.9 Å². The summed E-state index contributed by atoms with van der Waals surface area (Å²) < 4.78 is 5.30. The molecule has 0 aromatic heterocycles. The molecule has 0 heterocycles. The molecule has 0 amide bonds. The van der Waals surface area contributed by atoms with Crippen LogP contribution < -0.4 is 0 Å². The molecule has 4 rings (SSSR count). The topological polar surface area (TPSA) is 77.5 Å². The number of carbonyl (C=O) groups is 4. The van der Waals surface area contributed by atoms with E-state index in [-0.39, 0.29) is 53.5 Å². The number of fused-ring (bicyclic) bond motifs is 5. The molecule has 0 N–H and O–H groups in total. The number of allylic oxidation sites excluding steroid dienone is 6. The zero-order valence-corrected chi connectivity index (χ0v) is 20.5. The van der Waals surface area contributed by atoms with E-state index in [0.717, 1.165) is 25.7 Å². The summed E-state index contributed by atoms with van der Waals surface area (Å²) in [5.74, 6) is 0.450. The first kappa shape index (κ1) is 23.8. The maximum Gasteiger partial charge on any atom is 0.306 e. The van der Waals surface area contributed by atoms with Crippen molar-refractivity contribution in [1.29, 1.82) is 0 Å². The lowest BCUT2D eigenvalue weighted by molar-refractivity contribution is -0.155. The van der Waals surface area contributed by atoms with Crippen LogP contribution in [0.15, 0.2) is 35.5 Å². The van der Waals surface area contributed by atoms with Crippen LogP contribution in [0.5, 0.6) is 0 Å². The minimum atomic E-state index is -0.587. The predicted molar refractivity (Wildman–Crippen MR) is 125 cm³/mol. The van der Waals surface area contributed by atoms with Gasteiger partial charge in [0.05, 0.1) is 6.42 Å². The summed E-state index contributed by atoms with van der Waals surface area (Å²) in [6, 6.07) is 0. The van der Waals surface area contributed by atoms with E-state index in [4.69, 9.17) is 4.74 Å². The molecule has 0 spiro atoms. The fraction of sp³-hybridized carbons (Fsp3) is 0.643. The summed E-state index contributed by atoms with van der Waals surface area (Å²) in [4.78, 5) is 48.7. The van der Waals surface area contributed by atoms with Crippen LogP contribution in [-0.4, -0.2) is 29.9 Å². The van der Waals surface area contributed by atoms with Gasteiger partial charge in [0.25, 0.3) is 0 Å². The van der Waals surface area contributed by atoms with Crippen molar-refractivity contribution in [2.24, 2.45) is 34.0 Å². The molecule has 0 bridgehead atoms. The number of rotatable bonds is 6. The maximum absolute atomic E-state index is 13.5. The molecular weight excluding hydrogens is 416 g/mol. The monoisotopic (exact) mass is 452 g/mol. The molecule has 5 heteroatoms. The first-order valence-electron chi connectivity index (χ1n) is 12.3. The lowest BCUT2D eigenvalue weighted by atomic mass is 9.49. The number of ether oxygens (including phenoxy) is 1. The largest absolute Gasteiger partial charge is 0.458 e. The van der Waals surface area contributed by atoms with Gasteiger partial charge in [-0.25, -0.2) is 0 Å². The molecule has 5 nitrogen and oxygen atoms in total. The van der Waals surface area contributed by atoms with Crippen LogP contribution in [0.1, 0.15) is 73.1 Å². The Hall–Kier alpha value is -2.30. The molecule has 4 aliphatic carbocycles. The molecule has 2 saturated carbocycles. The van der Waals surface area contributed by atoms with Crippen LogP contribution in [0.25, 0.3) is 0 Å². The Labute approximate surface area is 196 Å². The highest BCUT2D eigenvalue weighted by atomic mass is 16.5. The average molecular weight is 453 g/mol. The van der Waals surface area contributed by atoms with E-state index >= 15 is 0 Å². The smallest absolute Gasteiger partial charge is 0.306 e. The van der Waals surface area contributed by atoms with Crippen LogP contribution in [0, 0.1) is 34.0 Å². The lowest BCUT2D eigenvalue weighted by Gasteiger charge is -2.54. The SMILES string of the molecule is CC(=O)CCC(=O)OCC(=O)[C@@]1(C)[C@@H](C)CC2C3CCC4=CC(=O)C=C[C@]4(C)C3=CC[C@@]21C. The zero-order valence-electron chi connectivity index (χ0n) is 20.5. The Balaban J connectivity index is 1.58. The first-order chi connectivity index (χ1) is 15.4. The van der Waals surface area contributed by atoms with E-state index < -0.39 is 11.4 Å². The van der Waals surface area contributed by atoms with Gasteiger partial charge >= 0.3 is 5.97 Å². The minimum Gasteiger partial charge on any atom is -0.458 e. The summed E-state index contributed by atoms with van der Waals surface area (Å²) in [5, 5.41) is 0. The fourth-order valence-electron chi connectivity index (χ4n) is 7.33. The van der Waals surface area contributed by atoms with Gasteiger partial charge in [-0.3, -0.25) is 14.4 Å². The van der Waals surface area contributed by atoms with Crippen LogP contribution in [0.3, 0.4) is 0 Å². The molecule has 0 radical (unpaired) electrons. The van der Waals surface area contributed by atoms with E-state index in [2.05, 4.69) is 39.8 Å². The molecule has 0 aliphatic heterocycles. The summed E-state index contributed by atoms with van der Waals surface area (Å²) in [5.41, 5.74) is 1.62. The van der Waals surface area contributed by atoms with Gasteiger partial charge in [-0.15, -0.1) is 0 Å². The number of Topliss-reactive ketones (excluding diaryl/α,β-unsaturated/α-hetero) is 2. The molecule has 33 heavy (non-hydrogen) atoms. The third-order valence-electron chi connectivity index (χ3n) is 9.74. The molecule has 0 saturated heterocycles. The molecule has 0 aromatic carbocycles. The highest BCUT2D eigenvalue weighted by Gasteiger charge is 2.65. The summed E-state index contributed by atoms with van der Waals surface area (Å²) in [6.45, 7) is 9.92. The van der Waals surface area contributed by atoms with Crippen molar-refractivity contribution < 1.29 is 23.9 Å². The average Bonchev–Trinajstić information content (AvgIpc) is 2.98. The molecule has 178 valence electrons. The molecule has 2 unspecified atom stereocenters. The Bertz CT molecular complexity index is 1000. The van der Waals surface area contributed by atoms with Crippen molar-refractivity contribution in [2.45, 2.75) is 73.1 Å². The normalized spacial score (nSPS) is 39.1. The standard InChI is InChI=1S/C28H36O5/c1-17-14-23-21-8-7-19-15-20(30)10-12-26(19,3)22(21)11-13-27(23,4)28(17,5)24(31)16-33-25(32)9-6-18(2)29/h10-12,15,17,21,23H,6-9,13-14,16H2,1-5H3/t17-,21?,23?,26-,27-,28+/m0/s1. The minimum absolute atomic E-state index is 0.0150. The Kier molecular flexibility index (Phi) is 5.91. The fourth-order valence-corrected chi connectivity index (χ4v) is 7.33. The van der Waals surface area contributed by atoms with E-state index in [9.17, 15) is 19.2 Å². The molecule has 2 fully saturated rings. The molecule has 0 aromatic rings. The third-order valence-corrected chi connectivity index (χ3v) is 9.74. The van der Waals surface area contributed by atoms with Crippen molar-refractivity contribution >= 4 is 23.3 Å². The number of hydrogen-bond acceptors (Lipinski definition) is 5. The number of ketones is 3. The summed E-state index contributed by atoms with van der Waals surface area (Å²) in [7, 11) is 0. The Morgan fingerprint density at radius 1 is 1.15 bits per heavy atom. The number of esters is 1. The van der Waals surface area contributed by atoms with Crippen LogP contribution in [0.2, 0.25) is 0 Å². The highest BCUT2D eigenvalue weighted by Crippen LogP contribution is 2.69. The van der Waals surface area contributed by atoms with Gasteiger partial charge in [0, 0.05) is 17.3 Å². The lowest BCUT2D eigenvalue weighted by Crippen LogP contribution is -2.51. The van der Waals surface area contributed by atoms with Gasteiger partial charge in [-0.1, -0.05) is 44.1 Å². The quantitative estimate of drug-likeness (QED) is 0.421. The van der Waals surface area contributed by atoms with Crippen molar-refractivity contribution in [3.8, 4) is 0 Å². The van der Waals surface area contributed by atoms with Crippen molar-refractivity contribution in [3.63, 3.8) is 0 Å². The summed E-state index contributed by atoms with van der Waals surface area (Å²) >= 11 is 0. The zero-order chi connectivity index (χ0) is 24.2. The highest BCUT2D eigenvalue weighted by molar-refractivity contribution is 6.01. The van der Waals surface area contributed by atoms with Crippen LogP contribution in [0.4, 0.5) is 0 Å². The second kappa shape index (κ2) is 8.18. The van der Waals surface area contributed by atoms with Gasteiger partial charge in [0.1, 0.15) is 5.78 Å². The molecule has 4 aliphatic rings. The van der Waals surface area contributed by atoms with Gasteiger partial charge in [-0.2, -0.15) is 0 Å². The van der Waals surface area contributed by atoms with E-state index in [1.165, 1.54) is 18.1 Å². The Morgan fingerprint density at radius 2 is 1.88 bits per heavy atom. The summed E-state index contributed by atoms with van der Waals surface area (Å²) in [6.07, 6.45) is 11.8. The second-order valence-corrected chi connectivity index (χ2v) is 11.3. The third kappa shape index (κ3) is 3.59. The van der Waals surface area contributed by atoms with Crippen LogP contribution in [-0.2, 0) is 23.9 Å². The number of carbonyl (C=O) groups excluding carboxylic acids is 4. The van der Waals surface area contributed by atoms with Crippen molar-refractivity contribution in [3.05, 3.63) is 35.5 Å². The van der Waals surface area contributed by atoms with Gasteiger partial charge < -0.3 is 9.53 Å². The Morgan fingerprint density at radius 3 is 2.58 bits per heavy atom. The van der Waals surface area contributed by atoms with E-state index in [1.54, 1.807) is 6.08 Å². The van der Waals surface area contributed by atoms with Crippen molar-refractivity contribution in [2.75, 3.05) is 6.61 Å². The predicted octanol–water partition coefficient (Wildman–Crippen LogP) is 4.95. The van der Waals surface area contributed by atoms with Gasteiger partial charge in [0.2, 0.25) is 0 Å². The second-order valence-electron chi connectivity index (χ2n) is 11.3. The molecule has 6 atom stereocenters. The van der Waals surface area contributed by atoms with E-state index in [0.29, 0.717) is 11.8 Å². The van der Waals surface area contributed by atoms with Crippen LogP contribution >= 0.6 is 0 Å². The number of hydrogen-bond donors (Lipinski definition) is 0. The van der Waals surface area contributed by atoms with Crippen molar-refractivity contribution in [1.82, 2.24) is 0 Å². The first-order valence-corrected chi connectivity index (χ1v) is 12.3. The van der Waals surface area contributed by atoms with E-state index in [1.807, 2.05) is 6.08 Å².